The first-order valence-electron chi connectivity index (χ1n) is 6.38. The fraction of sp³-hybridized carbons (Fsp3) is 0.786. The average molecular weight is 240 g/mol. The van der Waals surface area contributed by atoms with E-state index in [0.717, 1.165) is 19.6 Å². The van der Waals surface area contributed by atoms with E-state index in [9.17, 15) is 4.79 Å². The zero-order valence-corrected chi connectivity index (χ0v) is 12.0. The molecule has 0 aliphatic carbocycles. The molecule has 0 amide bonds. The van der Waals surface area contributed by atoms with Gasteiger partial charge in [-0.2, -0.15) is 0 Å². The summed E-state index contributed by atoms with van der Waals surface area (Å²) in [5.74, 6) is 6.18. The Labute approximate surface area is 106 Å². The lowest BCUT2D eigenvalue weighted by Gasteiger charge is -2.27. The number of rotatable bonds is 5. The third-order valence-electron chi connectivity index (χ3n) is 3.13. The van der Waals surface area contributed by atoms with Crippen LogP contribution in [0.1, 0.15) is 41.5 Å². The van der Waals surface area contributed by atoms with Crippen molar-refractivity contribution in [1.29, 1.82) is 0 Å². The summed E-state index contributed by atoms with van der Waals surface area (Å²) in [7, 11) is 0. The van der Waals surface area contributed by atoms with Crippen LogP contribution in [0.5, 0.6) is 0 Å². The summed E-state index contributed by atoms with van der Waals surface area (Å²) < 4.78 is 5.33. The van der Waals surface area contributed by atoms with Gasteiger partial charge in [0, 0.05) is 12.8 Å². The standard InChI is InChI=1S/C14H25NO2/c1-7-15(8-2)11-9-10-14(6,12(3)4)17-13(5)16/h12H,7-8,11H2,1-6H3/p+1/t14-/m0/s1. The molecular weight excluding hydrogens is 214 g/mol. The van der Waals surface area contributed by atoms with Crippen LogP contribution in [0.15, 0.2) is 0 Å². The number of carbonyl (C=O) groups is 1. The zero-order chi connectivity index (χ0) is 13.5. The lowest BCUT2D eigenvalue weighted by molar-refractivity contribution is -0.889. The maximum Gasteiger partial charge on any atom is 0.304 e. The monoisotopic (exact) mass is 240 g/mol. The molecule has 1 atom stereocenters. The van der Waals surface area contributed by atoms with Crippen LogP contribution < -0.4 is 4.90 Å². The van der Waals surface area contributed by atoms with Gasteiger partial charge < -0.3 is 9.64 Å². The van der Waals surface area contributed by atoms with Gasteiger partial charge in [-0.3, -0.25) is 4.79 Å². The van der Waals surface area contributed by atoms with Crippen molar-refractivity contribution in [3.63, 3.8) is 0 Å². The molecule has 0 saturated carbocycles. The molecule has 0 unspecified atom stereocenters. The Morgan fingerprint density at radius 1 is 1.35 bits per heavy atom. The third-order valence-corrected chi connectivity index (χ3v) is 3.13. The molecule has 0 bridgehead atoms. The molecular formula is C14H26NO2+. The molecule has 17 heavy (non-hydrogen) atoms. The summed E-state index contributed by atoms with van der Waals surface area (Å²) in [6.07, 6.45) is 0. The molecule has 0 heterocycles. The fourth-order valence-corrected chi connectivity index (χ4v) is 1.43. The molecule has 98 valence electrons. The summed E-state index contributed by atoms with van der Waals surface area (Å²) in [6.45, 7) is 14.6. The smallest absolute Gasteiger partial charge is 0.304 e. The highest BCUT2D eigenvalue weighted by Crippen LogP contribution is 2.20. The summed E-state index contributed by atoms with van der Waals surface area (Å²) in [5, 5.41) is 0. The number of hydrogen-bond acceptors (Lipinski definition) is 2. The molecule has 3 nitrogen and oxygen atoms in total. The van der Waals surface area contributed by atoms with Gasteiger partial charge >= 0.3 is 5.97 Å². The van der Waals surface area contributed by atoms with Gasteiger partial charge in [-0.05, 0) is 32.6 Å². The Kier molecular flexibility index (Phi) is 6.91. The van der Waals surface area contributed by atoms with E-state index in [1.54, 1.807) is 0 Å². The molecule has 0 aliphatic heterocycles. The molecule has 0 radical (unpaired) electrons. The Hall–Kier alpha value is -1.01. The van der Waals surface area contributed by atoms with E-state index in [4.69, 9.17) is 4.74 Å². The minimum atomic E-state index is -0.668. The average Bonchev–Trinajstić information content (AvgIpc) is 2.23. The molecule has 3 heteroatoms. The summed E-state index contributed by atoms with van der Waals surface area (Å²) >= 11 is 0. The highest BCUT2D eigenvalue weighted by Gasteiger charge is 2.29. The number of esters is 1. The second-order valence-electron chi connectivity index (χ2n) is 4.79. The molecule has 0 aromatic carbocycles. The number of carbonyl (C=O) groups excluding carboxylic acids is 1. The lowest BCUT2D eigenvalue weighted by Crippen LogP contribution is -3.11. The molecule has 0 fully saturated rings. The fourth-order valence-electron chi connectivity index (χ4n) is 1.43. The van der Waals surface area contributed by atoms with Gasteiger partial charge in [0.2, 0.25) is 0 Å². The molecule has 0 aliphatic rings. The Balaban J connectivity index is 4.65. The zero-order valence-electron chi connectivity index (χ0n) is 12.0. The minimum absolute atomic E-state index is 0.186. The number of hydrogen-bond donors (Lipinski definition) is 1. The number of nitrogens with one attached hydrogen (secondary N) is 1. The Morgan fingerprint density at radius 3 is 2.24 bits per heavy atom. The Bertz CT molecular complexity index is 297. The van der Waals surface area contributed by atoms with Crippen LogP contribution in [0.4, 0.5) is 0 Å². The maximum atomic E-state index is 11.1. The van der Waals surface area contributed by atoms with Crippen LogP contribution in [0.25, 0.3) is 0 Å². The van der Waals surface area contributed by atoms with Crippen LogP contribution in [-0.4, -0.2) is 31.2 Å². The van der Waals surface area contributed by atoms with E-state index in [-0.39, 0.29) is 11.9 Å². The number of quaternary nitrogens is 1. The largest absolute Gasteiger partial charge is 0.446 e. The maximum absolute atomic E-state index is 11.1. The molecule has 0 rings (SSSR count). The number of ether oxygens (including phenoxy) is 1. The van der Waals surface area contributed by atoms with Crippen LogP contribution in [0, 0.1) is 17.8 Å². The third kappa shape index (κ3) is 5.74. The summed E-state index contributed by atoms with van der Waals surface area (Å²) in [4.78, 5) is 12.5. The van der Waals surface area contributed by atoms with Crippen molar-refractivity contribution < 1.29 is 14.4 Å². The summed E-state index contributed by atoms with van der Waals surface area (Å²) in [5.41, 5.74) is -0.668. The molecule has 0 aromatic heterocycles. The first-order valence-corrected chi connectivity index (χ1v) is 6.38. The van der Waals surface area contributed by atoms with Crippen molar-refractivity contribution in [1.82, 2.24) is 0 Å². The van der Waals surface area contributed by atoms with Crippen molar-refractivity contribution in [3.8, 4) is 11.8 Å². The molecule has 1 N–H and O–H groups in total. The highest BCUT2D eigenvalue weighted by atomic mass is 16.6. The minimum Gasteiger partial charge on any atom is -0.446 e. The van der Waals surface area contributed by atoms with Crippen LogP contribution >= 0.6 is 0 Å². The van der Waals surface area contributed by atoms with Crippen LogP contribution in [0.3, 0.4) is 0 Å². The van der Waals surface area contributed by atoms with Crippen LogP contribution in [-0.2, 0) is 9.53 Å². The van der Waals surface area contributed by atoms with Gasteiger partial charge in [-0.25, -0.2) is 0 Å². The van der Waals surface area contributed by atoms with Crippen molar-refractivity contribution in [2.45, 2.75) is 47.1 Å². The SMILES string of the molecule is CC[NH+](CC)CC#C[C@](C)(OC(C)=O)C(C)C. The quantitative estimate of drug-likeness (QED) is 0.571. The second-order valence-corrected chi connectivity index (χ2v) is 4.79. The van der Waals surface area contributed by atoms with Crippen LogP contribution in [0.2, 0.25) is 0 Å². The van der Waals surface area contributed by atoms with E-state index < -0.39 is 5.60 Å². The van der Waals surface area contributed by atoms with E-state index in [2.05, 4.69) is 25.7 Å². The van der Waals surface area contributed by atoms with Gasteiger partial charge in [0.25, 0.3) is 0 Å². The van der Waals surface area contributed by atoms with Gasteiger partial charge in [-0.15, -0.1) is 0 Å². The first-order chi connectivity index (χ1) is 7.85. The van der Waals surface area contributed by atoms with Gasteiger partial charge in [0.15, 0.2) is 5.60 Å². The Morgan fingerprint density at radius 2 is 1.88 bits per heavy atom. The van der Waals surface area contributed by atoms with Gasteiger partial charge in [-0.1, -0.05) is 13.8 Å². The predicted octanol–water partition coefficient (Wildman–Crippen LogP) is 0.892. The van der Waals surface area contributed by atoms with E-state index in [1.165, 1.54) is 11.8 Å². The van der Waals surface area contributed by atoms with Crippen molar-refractivity contribution >= 4 is 5.97 Å². The van der Waals surface area contributed by atoms with E-state index in [1.807, 2.05) is 20.8 Å². The van der Waals surface area contributed by atoms with Crippen molar-refractivity contribution in [3.05, 3.63) is 0 Å². The first kappa shape index (κ1) is 16.0. The van der Waals surface area contributed by atoms with Gasteiger partial charge in [0.05, 0.1) is 13.1 Å². The highest BCUT2D eigenvalue weighted by molar-refractivity contribution is 5.67. The molecule has 0 aromatic rings. The topological polar surface area (TPSA) is 30.7 Å². The molecule has 0 spiro atoms. The lowest BCUT2D eigenvalue weighted by atomic mass is 9.93. The normalized spacial score (nSPS) is 14.1. The van der Waals surface area contributed by atoms with Crippen molar-refractivity contribution in [2.24, 2.45) is 5.92 Å². The van der Waals surface area contributed by atoms with E-state index in [0.29, 0.717) is 0 Å². The summed E-state index contributed by atoms with van der Waals surface area (Å²) in [6, 6.07) is 0. The van der Waals surface area contributed by atoms with Gasteiger partial charge in [0.1, 0.15) is 6.54 Å². The predicted molar refractivity (Wildman–Crippen MR) is 69.7 cm³/mol. The second kappa shape index (κ2) is 7.34. The van der Waals surface area contributed by atoms with Crippen molar-refractivity contribution in [2.75, 3.05) is 19.6 Å². The van der Waals surface area contributed by atoms with E-state index >= 15 is 0 Å². The molecule has 0 saturated heterocycles.